The third-order valence-electron chi connectivity index (χ3n) is 3.46. The summed E-state index contributed by atoms with van der Waals surface area (Å²) in [4.78, 5) is 10.6. The topological polar surface area (TPSA) is 118 Å². The molecular weight excluding hydrogens is 234 g/mol. The Hall–Kier alpha value is -0.660. The molecule has 0 radical (unpaired) electrons. The van der Waals surface area contributed by atoms with Gasteiger partial charge in [-0.2, -0.15) is 0 Å². The summed E-state index contributed by atoms with van der Waals surface area (Å²) in [6.07, 6.45) is -1.10. The third-order valence-corrected chi connectivity index (χ3v) is 6.14. The molecule has 1 aliphatic heterocycles. The highest BCUT2D eigenvalue weighted by atomic mass is 32.2. The monoisotopic (exact) mass is 251 g/mol. The first-order valence-corrected chi connectivity index (χ1v) is 6.65. The van der Waals surface area contributed by atoms with Crippen molar-refractivity contribution in [2.75, 3.05) is 5.75 Å². The summed E-state index contributed by atoms with van der Waals surface area (Å²) in [6.45, 7) is 3.00. The molecule has 1 fully saturated rings. The number of rotatable bonds is 3. The number of aliphatic carboxylic acids is 1. The molecule has 3 atom stereocenters. The van der Waals surface area contributed by atoms with Crippen LogP contribution >= 0.6 is 0 Å². The van der Waals surface area contributed by atoms with Crippen LogP contribution in [0.2, 0.25) is 0 Å². The number of nitrogens with two attached hydrogens (primary N) is 1. The normalized spacial score (nSPS) is 30.9. The Morgan fingerprint density at radius 3 is 2.31 bits per heavy atom. The summed E-state index contributed by atoms with van der Waals surface area (Å²) in [6, 6.07) is -1.45. The number of aliphatic hydroxyl groups excluding tert-OH is 1. The van der Waals surface area contributed by atoms with Crippen LogP contribution in [0.1, 0.15) is 20.3 Å². The van der Waals surface area contributed by atoms with Crippen LogP contribution in [0.5, 0.6) is 0 Å². The van der Waals surface area contributed by atoms with Crippen LogP contribution in [0, 0.1) is 5.92 Å². The highest BCUT2D eigenvalue weighted by Gasteiger charge is 2.52. The van der Waals surface area contributed by atoms with E-state index in [-0.39, 0.29) is 12.2 Å². The van der Waals surface area contributed by atoms with Crippen molar-refractivity contribution in [2.24, 2.45) is 11.7 Å². The molecule has 0 aliphatic carbocycles. The lowest BCUT2D eigenvalue weighted by molar-refractivity contribution is -0.142. The van der Waals surface area contributed by atoms with Gasteiger partial charge in [0.1, 0.15) is 6.04 Å². The summed E-state index contributed by atoms with van der Waals surface area (Å²) in [5, 5.41) is 18.5. The van der Waals surface area contributed by atoms with Gasteiger partial charge < -0.3 is 15.9 Å². The molecule has 0 spiro atoms. The zero-order valence-electron chi connectivity index (χ0n) is 9.25. The quantitative estimate of drug-likeness (QED) is 0.590. The van der Waals surface area contributed by atoms with Crippen LogP contribution in [-0.4, -0.2) is 47.2 Å². The molecule has 0 bridgehead atoms. The van der Waals surface area contributed by atoms with Gasteiger partial charge in [0.2, 0.25) is 0 Å². The fourth-order valence-corrected chi connectivity index (χ4v) is 3.91. The van der Waals surface area contributed by atoms with Crippen molar-refractivity contribution < 1.29 is 23.4 Å². The molecule has 3 unspecified atom stereocenters. The Bertz CT molecular complexity index is 389. The van der Waals surface area contributed by atoms with E-state index in [2.05, 4.69) is 0 Å². The van der Waals surface area contributed by atoms with Gasteiger partial charge >= 0.3 is 5.97 Å². The predicted octanol–water partition coefficient (Wildman–Crippen LogP) is -1.03. The molecule has 4 N–H and O–H groups in total. The smallest absolute Gasteiger partial charge is 0.323 e. The average molecular weight is 251 g/mol. The number of carboxylic acid groups (broad SMARTS) is 1. The number of hydrogen-bond acceptors (Lipinski definition) is 5. The van der Waals surface area contributed by atoms with Crippen LogP contribution in [0.25, 0.3) is 0 Å². The molecule has 0 aromatic heterocycles. The van der Waals surface area contributed by atoms with Crippen LogP contribution < -0.4 is 5.73 Å². The molecule has 0 saturated carbocycles. The number of hydrogen-bond donors (Lipinski definition) is 3. The minimum Gasteiger partial charge on any atom is -0.480 e. The maximum Gasteiger partial charge on any atom is 0.323 e. The second-order valence-corrected chi connectivity index (χ2v) is 7.36. The summed E-state index contributed by atoms with van der Waals surface area (Å²) >= 11 is 0. The summed E-state index contributed by atoms with van der Waals surface area (Å²) < 4.78 is 22.3. The van der Waals surface area contributed by atoms with Crippen LogP contribution in [-0.2, 0) is 14.6 Å². The van der Waals surface area contributed by atoms with Crippen molar-refractivity contribution in [1.82, 2.24) is 0 Å². The molecule has 16 heavy (non-hydrogen) atoms. The number of carboxylic acids is 1. The molecule has 7 heteroatoms. The highest BCUT2D eigenvalue weighted by molar-refractivity contribution is 7.93. The molecule has 1 aliphatic rings. The lowest BCUT2D eigenvalue weighted by Gasteiger charge is -2.31. The maximum atomic E-state index is 11.7. The highest BCUT2D eigenvalue weighted by Crippen LogP contribution is 2.39. The van der Waals surface area contributed by atoms with Gasteiger partial charge in [0.25, 0.3) is 0 Å². The van der Waals surface area contributed by atoms with E-state index in [1.54, 1.807) is 0 Å². The Morgan fingerprint density at radius 1 is 1.50 bits per heavy atom. The third kappa shape index (κ3) is 1.94. The lowest BCUT2D eigenvalue weighted by atomic mass is 9.84. The number of carbonyl (C=O) groups is 1. The van der Waals surface area contributed by atoms with Crippen molar-refractivity contribution in [3.63, 3.8) is 0 Å². The Balaban J connectivity index is 2.96. The summed E-state index contributed by atoms with van der Waals surface area (Å²) in [5.74, 6) is -2.00. The van der Waals surface area contributed by atoms with E-state index in [9.17, 15) is 18.3 Å². The first-order chi connectivity index (χ1) is 7.11. The van der Waals surface area contributed by atoms with E-state index >= 15 is 0 Å². The predicted molar refractivity (Wildman–Crippen MR) is 57.6 cm³/mol. The second-order valence-electron chi connectivity index (χ2n) is 4.67. The van der Waals surface area contributed by atoms with E-state index in [1.165, 1.54) is 13.8 Å². The molecule has 1 saturated heterocycles. The van der Waals surface area contributed by atoms with Crippen molar-refractivity contribution >= 4 is 15.8 Å². The number of sulfone groups is 1. The van der Waals surface area contributed by atoms with E-state index < -0.39 is 38.6 Å². The van der Waals surface area contributed by atoms with E-state index in [0.717, 1.165) is 0 Å². The van der Waals surface area contributed by atoms with E-state index in [0.29, 0.717) is 0 Å². The van der Waals surface area contributed by atoms with Crippen molar-refractivity contribution in [3.05, 3.63) is 0 Å². The second kappa shape index (κ2) is 3.97. The molecule has 6 nitrogen and oxygen atoms in total. The van der Waals surface area contributed by atoms with Crippen LogP contribution in [0.15, 0.2) is 0 Å². The van der Waals surface area contributed by atoms with Gasteiger partial charge in [-0.25, -0.2) is 8.42 Å². The average Bonchev–Trinajstić information content (AvgIpc) is 2.35. The Kier molecular flexibility index (Phi) is 3.33. The lowest BCUT2D eigenvalue weighted by Crippen LogP contribution is -2.51. The molecule has 0 aromatic rings. The molecule has 94 valence electrons. The molecule has 0 amide bonds. The van der Waals surface area contributed by atoms with E-state index in [1.807, 2.05) is 0 Å². The van der Waals surface area contributed by atoms with Gasteiger partial charge in [0.15, 0.2) is 9.84 Å². The summed E-state index contributed by atoms with van der Waals surface area (Å²) in [5.41, 5.74) is 5.31. The Morgan fingerprint density at radius 2 is 2.00 bits per heavy atom. The van der Waals surface area contributed by atoms with Gasteiger partial charge in [-0.05, 0) is 20.3 Å². The summed E-state index contributed by atoms with van der Waals surface area (Å²) in [7, 11) is -3.29. The van der Waals surface area contributed by atoms with Gasteiger partial charge in [0.05, 0.1) is 16.6 Å². The largest absolute Gasteiger partial charge is 0.480 e. The standard InChI is InChI=1S/C9H17NO5S/c1-9(2)5(3-4-16(9,14)15)7(11)6(10)8(12)13/h5-7,11H,3-4,10H2,1-2H3,(H,12,13). The molecule has 1 rings (SSSR count). The van der Waals surface area contributed by atoms with Gasteiger partial charge in [-0.3, -0.25) is 4.79 Å². The zero-order valence-corrected chi connectivity index (χ0v) is 10.1. The zero-order chi connectivity index (χ0) is 12.7. The van der Waals surface area contributed by atoms with Gasteiger partial charge in [0, 0.05) is 5.92 Å². The van der Waals surface area contributed by atoms with Crippen molar-refractivity contribution in [3.8, 4) is 0 Å². The maximum absolute atomic E-state index is 11.7. The fraction of sp³-hybridized carbons (Fsp3) is 0.889. The first kappa shape index (κ1) is 13.4. The molecule has 1 heterocycles. The van der Waals surface area contributed by atoms with Gasteiger partial charge in [-0.15, -0.1) is 0 Å². The SMILES string of the molecule is CC1(C)C(C(O)C(N)C(=O)O)CCS1(=O)=O. The Labute approximate surface area is 94.4 Å². The number of aliphatic hydroxyl groups is 1. The van der Waals surface area contributed by atoms with Crippen molar-refractivity contribution in [1.29, 1.82) is 0 Å². The minimum atomic E-state index is -3.29. The van der Waals surface area contributed by atoms with Crippen LogP contribution in [0.3, 0.4) is 0 Å². The molecule has 0 aromatic carbocycles. The fourth-order valence-electron chi connectivity index (χ4n) is 2.10. The minimum absolute atomic E-state index is 0.0337. The molecular formula is C9H17NO5S. The first-order valence-electron chi connectivity index (χ1n) is 5.00. The van der Waals surface area contributed by atoms with Gasteiger partial charge in [-0.1, -0.05) is 0 Å². The van der Waals surface area contributed by atoms with Crippen LogP contribution in [0.4, 0.5) is 0 Å². The van der Waals surface area contributed by atoms with Crippen molar-refractivity contribution in [2.45, 2.75) is 37.2 Å². The van der Waals surface area contributed by atoms with E-state index in [4.69, 9.17) is 10.8 Å².